The Hall–Kier alpha value is -11.0. The number of rotatable bonds is 18. The first kappa shape index (κ1) is 53.1. The van der Waals surface area contributed by atoms with E-state index in [1.165, 1.54) is 0 Å². The largest absolute Gasteiger partial charge is 0.490 e. The van der Waals surface area contributed by atoms with Gasteiger partial charge in [0.15, 0.2) is 11.5 Å². The molecule has 8 heteroatoms. The second kappa shape index (κ2) is 25.2. The van der Waals surface area contributed by atoms with Crippen LogP contribution < -0.4 is 39.9 Å². The number of fused-ring (bicyclic) bond motifs is 4. The molecule has 0 saturated carbocycles. The van der Waals surface area contributed by atoms with Crippen molar-refractivity contribution in [2.24, 2.45) is 0 Å². The van der Waals surface area contributed by atoms with Gasteiger partial charge in [0.2, 0.25) is 0 Å². The minimum absolute atomic E-state index is 0.487. The summed E-state index contributed by atoms with van der Waals surface area (Å²) in [6.45, 7) is 8.36. The van der Waals surface area contributed by atoms with Gasteiger partial charge in [-0.05, 0) is 187 Å². The quantitative estimate of drug-likeness (QED) is 0.0497. The van der Waals surface area contributed by atoms with E-state index in [1.54, 1.807) is 12.2 Å². The SMILES string of the molecule is C=CCOc1ccc2cc(Oc3ccc(/C=C/c4ccc(Oc5ccc6cc(OCC=C)ccc6c5)cc4)cc3)ccc2c1.Nc1cc2ccccc2cc1Oc1ccc(/C=C/c2ccc(Oc3cc4ccccc4cc3N)cc2)cc1. The van der Waals surface area contributed by atoms with E-state index >= 15 is 0 Å². The molecule has 0 aliphatic carbocycles. The molecule has 0 amide bonds. The van der Waals surface area contributed by atoms with E-state index < -0.39 is 0 Å². The molecule has 0 aliphatic heterocycles. The molecule has 8 nitrogen and oxygen atoms in total. The molecule has 0 aliphatic rings. The summed E-state index contributed by atoms with van der Waals surface area (Å²) in [5.41, 5.74) is 17.9. The van der Waals surface area contributed by atoms with Crippen LogP contribution in [-0.2, 0) is 0 Å². The fraction of sp³-hybridized carbons (Fsp3) is 0.0270. The summed E-state index contributed by atoms with van der Waals surface area (Å²) in [7, 11) is 0. The lowest BCUT2D eigenvalue weighted by Gasteiger charge is -2.10. The van der Waals surface area contributed by atoms with Crippen LogP contribution in [0.25, 0.3) is 67.4 Å². The molecule has 12 aromatic carbocycles. The lowest BCUT2D eigenvalue weighted by Crippen LogP contribution is -1.92. The number of hydrogen-bond acceptors (Lipinski definition) is 8. The van der Waals surface area contributed by atoms with Crippen LogP contribution in [0.2, 0.25) is 0 Å². The zero-order valence-corrected chi connectivity index (χ0v) is 45.0. The van der Waals surface area contributed by atoms with E-state index in [4.69, 9.17) is 39.9 Å². The third-order valence-electron chi connectivity index (χ3n) is 13.4. The molecule has 0 heterocycles. The van der Waals surface area contributed by atoms with Crippen molar-refractivity contribution < 1.29 is 28.4 Å². The van der Waals surface area contributed by atoms with Gasteiger partial charge < -0.3 is 39.9 Å². The Morgan fingerprint density at radius 1 is 0.268 bits per heavy atom. The maximum absolute atomic E-state index is 6.21. The molecule has 82 heavy (non-hydrogen) atoms. The van der Waals surface area contributed by atoms with Crippen molar-refractivity contribution in [2.45, 2.75) is 0 Å². The normalized spacial score (nSPS) is 11.1. The zero-order chi connectivity index (χ0) is 56.0. The van der Waals surface area contributed by atoms with Crippen LogP contribution in [-0.4, -0.2) is 13.2 Å². The van der Waals surface area contributed by atoms with E-state index in [9.17, 15) is 0 Å². The minimum atomic E-state index is 0.487. The van der Waals surface area contributed by atoms with Gasteiger partial charge in [-0.1, -0.05) is 171 Å². The number of nitrogens with two attached hydrogens (primary N) is 2. The van der Waals surface area contributed by atoms with Gasteiger partial charge in [0.25, 0.3) is 0 Å². The van der Waals surface area contributed by atoms with Gasteiger partial charge in [-0.25, -0.2) is 0 Å². The van der Waals surface area contributed by atoms with Crippen LogP contribution in [0.4, 0.5) is 11.4 Å². The predicted octanol–water partition coefficient (Wildman–Crippen LogP) is 19.8. The third-order valence-corrected chi connectivity index (χ3v) is 13.4. The van der Waals surface area contributed by atoms with Crippen LogP contribution in [0.15, 0.2) is 268 Å². The Labute approximate surface area is 477 Å². The molecule has 12 rings (SSSR count). The predicted molar refractivity (Wildman–Crippen MR) is 340 cm³/mol. The van der Waals surface area contributed by atoms with Gasteiger partial charge in [0.1, 0.15) is 59.2 Å². The fourth-order valence-electron chi connectivity index (χ4n) is 9.17. The van der Waals surface area contributed by atoms with Crippen LogP contribution in [0.1, 0.15) is 22.3 Å². The second-order valence-corrected chi connectivity index (χ2v) is 19.4. The maximum atomic E-state index is 6.21. The highest BCUT2D eigenvalue weighted by atomic mass is 16.5. The monoisotopic (exact) mass is 1070 g/mol. The summed E-state index contributed by atoms with van der Waals surface area (Å²) < 4.78 is 35.6. The van der Waals surface area contributed by atoms with Crippen LogP contribution in [0.3, 0.4) is 0 Å². The minimum Gasteiger partial charge on any atom is -0.490 e. The molecular formula is C74H58N2O6. The van der Waals surface area contributed by atoms with Crippen molar-refractivity contribution in [3.05, 3.63) is 290 Å². The van der Waals surface area contributed by atoms with Gasteiger partial charge in [0.05, 0.1) is 11.4 Å². The summed E-state index contributed by atoms with van der Waals surface area (Å²) >= 11 is 0. The van der Waals surface area contributed by atoms with E-state index in [0.717, 1.165) is 111 Å². The number of benzene rings is 12. The Morgan fingerprint density at radius 3 is 0.841 bits per heavy atom. The lowest BCUT2D eigenvalue weighted by molar-refractivity contribution is 0.363. The first-order valence-electron chi connectivity index (χ1n) is 26.9. The molecule has 0 atom stereocenters. The Balaban J connectivity index is 0.000000174. The summed E-state index contributed by atoms with van der Waals surface area (Å²) in [6.07, 6.45) is 11.8. The highest BCUT2D eigenvalue weighted by Crippen LogP contribution is 2.35. The van der Waals surface area contributed by atoms with E-state index in [-0.39, 0.29) is 0 Å². The molecule has 4 N–H and O–H groups in total. The molecule has 0 radical (unpaired) electrons. The maximum Gasteiger partial charge on any atom is 0.150 e. The highest BCUT2D eigenvalue weighted by Gasteiger charge is 2.09. The molecule has 400 valence electrons. The summed E-state index contributed by atoms with van der Waals surface area (Å²) in [5.74, 6) is 7.56. The molecule has 0 spiro atoms. The van der Waals surface area contributed by atoms with Crippen molar-refractivity contribution in [1.82, 2.24) is 0 Å². The van der Waals surface area contributed by atoms with Crippen molar-refractivity contribution in [3.8, 4) is 57.5 Å². The standard InChI is InChI=1S/C40H32O4.C34H26N2O2/c1-3-23-41-37-19-11-33-27-39(21-13-31(33)25-37)43-35-15-7-29(8-16-35)5-6-30-9-17-36(18-10-30)44-40-22-14-32-26-38(42-24-4-2)20-12-34(32)28-40;35-31-19-25-5-1-3-7-27(25)21-33(31)37-29-15-11-23(12-16-29)9-10-24-13-17-30(18-14-24)38-34-22-28-8-4-2-6-26(28)20-32(34)36/h3-22,25-28H,1-2,23-24H2;1-22H,35-36H2/b6-5+;10-9+. The van der Waals surface area contributed by atoms with Crippen LogP contribution in [0, 0.1) is 0 Å². The topological polar surface area (TPSA) is 107 Å². The molecule has 0 bridgehead atoms. The average molecular weight is 1070 g/mol. The number of hydrogen-bond donors (Lipinski definition) is 2. The average Bonchev–Trinajstić information content (AvgIpc) is 3.55. The van der Waals surface area contributed by atoms with Crippen molar-refractivity contribution in [1.29, 1.82) is 0 Å². The van der Waals surface area contributed by atoms with E-state index in [1.807, 2.05) is 243 Å². The van der Waals surface area contributed by atoms with Gasteiger partial charge in [0, 0.05) is 0 Å². The Morgan fingerprint density at radius 2 is 0.524 bits per heavy atom. The molecule has 0 fully saturated rings. The Bertz CT molecular complexity index is 3990. The number of ether oxygens (including phenoxy) is 6. The first-order chi connectivity index (χ1) is 40.2. The molecule has 12 aromatic rings. The van der Waals surface area contributed by atoms with Crippen molar-refractivity contribution in [2.75, 3.05) is 24.7 Å². The summed E-state index contributed by atoms with van der Waals surface area (Å²) in [6, 6.07) is 80.0. The van der Waals surface area contributed by atoms with E-state index in [0.29, 0.717) is 36.1 Å². The second-order valence-electron chi connectivity index (χ2n) is 19.4. The highest BCUT2D eigenvalue weighted by molar-refractivity contribution is 5.90. The third kappa shape index (κ3) is 13.6. The molecular weight excluding hydrogens is 1010 g/mol. The van der Waals surface area contributed by atoms with Crippen LogP contribution >= 0.6 is 0 Å². The van der Waals surface area contributed by atoms with Gasteiger partial charge in [-0.3, -0.25) is 0 Å². The smallest absolute Gasteiger partial charge is 0.150 e. The molecule has 0 saturated heterocycles. The summed E-state index contributed by atoms with van der Waals surface area (Å²) in [4.78, 5) is 0. The van der Waals surface area contributed by atoms with E-state index in [2.05, 4.69) is 37.5 Å². The van der Waals surface area contributed by atoms with Crippen molar-refractivity contribution in [3.63, 3.8) is 0 Å². The zero-order valence-electron chi connectivity index (χ0n) is 45.0. The first-order valence-corrected chi connectivity index (χ1v) is 26.9. The Kier molecular flexibility index (Phi) is 16.3. The molecule has 0 unspecified atom stereocenters. The van der Waals surface area contributed by atoms with Gasteiger partial charge in [-0.2, -0.15) is 0 Å². The van der Waals surface area contributed by atoms with Crippen LogP contribution in [0.5, 0.6) is 57.5 Å². The molecule has 0 aromatic heterocycles. The number of anilines is 2. The van der Waals surface area contributed by atoms with Gasteiger partial charge >= 0.3 is 0 Å². The van der Waals surface area contributed by atoms with Gasteiger partial charge in [-0.15, -0.1) is 0 Å². The lowest BCUT2D eigenvalue weighted by atomic mass is 10.1. The fourth-order valence-corrected chi connectivity index (χ4v) is 9.17. The van der Waals surface area contributed by atoms with Crippen molar-refractivity contribution >= 4 is 78.8 Å². The number of nitrogen functional groups attached to an aromatic ring is 2. The summed E-state index contributed by atoms with van der Waals surface area (Å²) in [5, 5.41) is 8.73.